The SMILES string of the molecule is C[C@H]1CN(Cc2ccc3c(N)ncnc3c2)C(=O)[C@H](C)N1CC=Cc1ccc(Cl)s1. The molecular formula is C22H24ClN5OS. The molecule has 1 aliphatic rings. The Kier molecular flexibility index (Phi) is 6.04. The van der Waals surface area contributed by atoms with Gasteiger partial charge in [0.1, 0.15) is 12.1 Å². The first-order chi connectivity index (χ1) is 14.4. The molecule has 156 valence electrons. The van der Waals surface area contributed by atoms with Crippen LogP contribution in [0.5, 0.6) is 0 Å². The maximum atomic E-state index is 13.0. The third-order valence-electron chi connectivity index (χ3n) is 5.51. The molecule has 0 radical (unpaired) electrons. The lowest BCUT2D eigenvalue weighted by atomic mass is 10.1. The molecule has 1 fully saturated rings. The van der Waals surface area contributed by atoms with Gasteiger partial charge >= 0.3 is 0 Å². The smallest absolute Gasteiger partial charge is 0.240 e. The third-order valence-corrected chi connectivity index (χ3v) is 6.71. The predicted octanol–water partition coefficient (Wildman–Crippen LogP) is 4.06. The Labute approximate surface area is 185 Å². The van der Waals surface area contributed by atoms with Gasteiger partial charge in [-0.3, -0.25) is 9.69 Å². The number of nitrogen functional groups attached to an aromatic ring is 1. The van der Waals surface area contributed by atoms with E-state index < -0.39 is 0 Å². The minimum atomic E-state index is -0.177. The monoisotopic (exact) mass is 441 g/mol. The van der Waals surface area contributed by atoms with Gasteiger partial charge in [0.15, 0.2) is 0 Å². The highest BCUT2D eigenvalue weighted by atomic mass is 35.5. The molecular weight excluding hydrogens is 418 g/mol. The van der Waals surface area contributed by atoms with E-state index in [4.69, 9.17) is 17.3 Å². The van der Waals surface area contributed by atoms with Crippen molar-refractivity contribution in [2.45, 2.75) is 32.5 Å². The van der Waals surface area contributed by atoms with E-state index in [1.165, 1.54) is 6.33 Å². The van der Waals surface area contributed by atoms with Crippen molar-refractivity contribution in [3.8, 4) is 0 Å². The van der Waals surface area contributed by atoms with E-state index in [1.807, 2.05) is 42.2 Å². The molecule has 1 amide bonds. The van der Waals surface area contributed by atoms with Gasteiger partial charge in [-0.2, -0.15) is 0 Å². The van der Waals surface area contributed by atoms with Crippen LogP contribution in [0, 0.1) is 0 Å². The van der Waals surface area contributed by atoms with Crippen LogP contribution in [-0.2, 0) is 11.3 Å². The van der Waals surface area contributed by atoms with Crippen molar-refractivity contribution in [2.24, 2.45) is 0 Å². The Hall–Kier alpha value is -2.48. The molecule has 1 aromatic carbocycles. The Balaban J connectivity index is 1.43. The maximum absolute atomic E-state index is 13.0. The number of rotatable bonds is 5. The summed E-state index contributed by atoms with van der Waals surface area (Å²) >= 11 is 7.53. The quantitative estimate of drug-likeness (QED) is 0.646. The molecule has 0 aliphatic carbocycles. The molecule has 0 unspecified atom stereocenters. The molecule has 6 nitrogen and oxygen atoms in total. The van der Waals surface area contributed by atoms with Gasteiger partial charge < -0.3 is 10.6 Å². The first-order valence-corrected chi connectivity index (χ1v) is 11.1. The van der Waals surface area contributed by atoms with Crippen LogP contribution in [0.2, 0.25) is 4.34 Å². The van der Waals surface area contributed by atoms with Crippen molar-refractivity contribution in [2.75, 3.05) is 18.8 Å². The summed E-state index contributed by atoms with van der Waals surface area (Å²) in [7, 11) is 0. The molecule has 0 spiro atoms. The van der Waals surface area contributed by atoms with Gasteiger partial charge in [-0.05, 0) is 49.8 Å². The van der Waals surface area contributed by atoms with E-state index in [9.17, 15) is 4.79 Å². The number of halogens is 1. The molecule has 0 bridgehead atoms. The van der Waals surface area contributed by atoms with E-state index in [-0.39, 0.29) is 18.0 Å². The largest absolute Gasteiger partial charge is 0.383 e. The number of piperazine rings is 1. The number of fused-ring (bicyclic) bond motifs is 1. The number of carbonyl (C=O) groups is 1. The van der Waals surface area contributed by atoms with Gasteiger partial charge in [0.2, 0.25) is 5.91 Å². The molecule has 0 saturated carbocycles. The molecule has 1 aliphatic heterocycles. The number of anilines is 1. The lowest BCUT2D eigenvalue weighted by Gasteiger charge is -2.43. The summed E-state index contributed by atoms with van der Waals surface area (Å²) in [6.07, 6.45) is 5.63. The Morgan fingerprint density at radius 1 is 1.27 bits per heavy atom. The molecule has 8 heteroatoms. The molecule has 2 atom stereocenters. The number of hydrogen-bond acceptors (Lipinski definition) is 6. The summed E-state index contributed by atoms with van der Waals surface area (Å²) in [6, 6.07) is 9.88. The highest BCUT2D eigenvalue weighted by Crippen LogP contribution is 2.24. The van der Waals surface area contributed by atoms with Crippen LogP contribution in [0.3, 0.4) is 0 Å². The van der Waals surface area contributed by atoms with Gasteiger partial charge in [0, 0.05) is 35.9 Å². The summed E-state index contributed by atoms with van der Waals surface area (Å²) in [5, 5.41) is 0.831. The van der Waals surface area contributed by atoms with Crippen LogP contribution < -0.4 is 5.73 Å². The van der Waals surface area contributed by atoms with Crippen LogP contribution in [0.25, 0.3) is 17.0 Å². The second-order valence-corrected chi connectivity index (χ2v) is 9.34. The van der Waals surface area contributed by atoms with E-state index in [0.29, 0.717) is 18.9 Å². The van der Waals surface area contributed by atoms with Crippen LogP contribution in [0.4, 0.5) is 5.82 Å². The summed E-state index contributed by atoms with van der Waals surface area (Å²) in [5.41, 5.74) is 7.75. The average molecular weight is 442 g/mol. The summed E-state index contributed by atoms with van der Waals surface area (Å²) in [5.74, 6) is 0.610. The van der Waals surface area contributed by atoms with Crippen LogP contribution in [-0.4, -0.2) is 50.8 Å². The molecule has 4 rings (SSSR count). The number of benzene rings is 1. The van der Waals surface area contributed by atoms with Crippen molar-refractivity contribution in [3.05, 3.63) is 57.5 Å². The number of amides is 1. The van der Waals surface area contributed by atoms with Crippen molar-refractivity contribution >= 4 is 51.6 Å². The minimum absolute atomic E-state index is 0.142. The second-order valence-electron chi connectivity index (χ2n) is 7.60. The molecule has 3 aromatic rings. The van der Waals surface area contributed by atoms with Gasteiger partial charge in [-0.1, -0.05) is 23.7 Å². The number of hydrogen-bond donors (Lipinski definition) is 1. The third kappa shape index (κ3) is 4.33. The Morgan fingerprint density at radius 2 is 2.10 bits per heavy atom. The van der Waals surface area contributed by atoms with Crippen molar-refractivity contribution in [1.29, 1.82) is 0 Å². The Bertz CT molecular complexity index is 1100. The lowest BCUT2D eigenvalue weighted by Crippen LogP contribution is -2.59. The molecule has 30 heavy (non-hydrogen) atoms. The fraction of sp³-hybridized carbons (Fsp3) is 0.318. The molecule has 2 aromatic heterocycles. The number of aromatic nitrogens is 2. The van der Waals surface area contributed by atoms with Crippen LogP contribution in [0.15, 0.2) is 42.7 Å². The van der Waals surface area contributed by atoms with Gasteiger partial charge in [0.05, 0.1) is 15.9 Å². The standard InChI is InChI=1S/C22H24ClN5OS/c1-14-11-27(12-16-5-7-18-19(10-16)25-13-26-21(18)24)22(29)15(2)28(14)9-3-4-17-6-8-20(23)30-17/h3-8,10,13-15H,9,11-12H2,1-2H3,(H2,24,25,26)/t14-,15-/m0/s1. The fourth-order valence-corrected chi connectivity index (χ4v) is 4.92. The van der Waals surface area contributed by atoms with Gasteiger partial charge in [-0.25, -0.2) is 9.97 Å². The minimum Gasteiger partial charge on any atom is -0.383 e. The van der Waals surface area contributed by atoms with Crippen LogP contribution >= 0.6 is 22.9 Å². The molecule has 1 saturated heterocycles. The maximum Gasteiger partial charge on any atom is 0.240 e. The summed E-state index contributed by atoms with van der Waals surface area (Å²) in [6.45, 7) is 6.12. The fourth-order valence-electron chi connectivity index (χ4n) is 3.93. The van der Waals surface area contributed by atoms with E-state index >= 15 is 0 Å². The molecule has 2 N–H and O–H groups in total. The van der Waals surface area contributed by atoms with Crippen molar-refractivity contribution in [1.82, 2.24) is 19.8 Å². The topological polar surface area (TPSA) is 75.3 Å². The average Bonchev–Trinajstić information content (AvgIpc) is 3.14. The normalized spacial score (nSPS) is 20.5. The van der Waals surface area contributed by atoms with Crippen molar-refractivity contribution < 1.29 is 4.79 Å². The number of nitrogens with zero attached hydrogens (tertiary/aromatic N) is 4. The van der Waals surface area contributed by atoms with E-state index in [1.54, 1.807) is 11.3 Å². The van der Waals surface area contributed by atoms with Gasteiger partial charge in [0.25, 0.3) is 0 Å². The van der Waals surface area contributed by atoms with Gasteiger partial charge in [-0.15, -0.1) is 11.3 Å². The predicted molar refractivity (Wildman–Crippen MR) is 123 cm³/mol. The first kappa shape index (κ1) is 20.8. The number of carbonyl (C=O) groups excluding carboxylic acids is 1. The summed E-state index contributed by atoms with van der Waals surface area (Å²) < 4.78 is 0.781. The Morgan fingerprint density at radius 3 is 2.87 bits per heavy atom. The number of nitrogens with two attached hydrogens (primary N) is 1. The zero-order valence-corrected chi connectivity index (χ0v) is 18.5. The zero-order chi connectivity index (χ0) is 21.3. The highest BCUT2D eigenvalue weighted by molar-refractivity contribution is 7.16. The second kappa shape index (κ2) is 8.71. The summed E-state index contributed by atoms with van der Waals surface area (Å²) in [4.78, 5) is 26.6. The highest BCUT2D eigenvalue weighted by Gasteiger charge is 2.35. The van der Waals surface area contributed by atoms with Crippen molar-refractivity contribution in [3.63, 3.8) is 0 Å². The van der Waals surface area contributed by atoms with E-state index in [0.717, 1.165) is 32.2 Å². The zero-order valence-electron chi connectivity index (χ0n) is 17.0. The van der Waals surface area contributed by atoms with Crippen LogP contribution in [0.1, 0.15) is 24.3 Å². The van der Waals surface area contributed by atoms with E-state index in [2.05, 4.69) is 33.9 Å². The first-order valence-electron chi connectivity index (χ1n) is 9.88. The lowest BCUT2D eigenvalue weighted by molar-refractivity contribution is -0.144. The molecule has 3 heterocycles. The number of thiophene rings is 1.